The maximum absolute atomic E-state index is 12.4. The monoisotopic (exact) mass is 313 g/mol. The Balaban J connectivity index is 1.48. The van der Waals surface area contributed by atoms with Gasteiger partial charge in [-0.05, 0) is 31.7 Å². The van der Waals surface area contributed by atoms with Crippen LogP contribution in [0.15, 0.2) is 42.5 Å². The molecule has 122 valence electrons. The Kier molecular flexibility index (Phi) is 4.91. The quantitative estimate of drug-likeness (QED) is 0.599. The number of imide groups is 1. The number of carbonyl (C=O) groups is 2. The Morgan fingerprint density at radius 2 is 1.70 bits per heavy atom. The number of benzene rings is 1. The second-order valence-electron chi connectivity index (χ2n) is 6.38. The first-order chi connectivity index (χ1) is 11.2. The largest absolute Gasteiger partial charge is 0.374 e. The van der Waals surface area contributed by atoms with Gasteiger partial charge >= 0.3 is 0 Å². The van der Waals surface area contributed by atoms with Gasteiger partial charge in [-0.15, -0.1) is 0 Å². The van der Waals surface area contributed by atoms with E-state index in [0.717, 1.165) is 5.56 Å². The average Bonchev–Trinajstić information content (AvgIpc) is 2.83. The second kappa shape index (κ2) is 7.09. The highest BCUT2D eigenvalue weighted by atomic mass is 16.5. The third kappa shape index (κ3) is 3.53. The van der Waals surface area contributed by atoms with Crippen LogP contribution in [0.4, 0.5) is 0 Å². The highest BCUT2D eigenvalue weighted by Gasteiger charge is 2.46. The molecule has 1 aliphatic carbocycles. The normalized spacial score (nSPS) is 24.8. The van der Waals surface area contributed by atoms with E-state index in [1.54, 1.807) is 0 Å². The van der Waals surface area contributed by atoms with E-state index in [1.165, 1.54) is 4.90 Å². The van der Waals surface area contributed by atoms with Crippen LogP contribution in [0.2, 0.25) is 0 Å². The lowest BCUT2D eigenvalue weighted by atomic mass is 9.85. The molecule has 2 amide bonds. The number of carbonyl (C=O) groups excluding carboxylic acids is 2. The molecule has 0 radical (unpaired) electrons. The van der Waals surface area contributed by atoms with E-state index >= 15 is 0 Å². The van der Waals surface area contributed by atoms with E-state index in [2.05, 4.69) is 0 Å². The van der Waals surface area contributed by atoms with Crippen molar-refractivity contribution in [1.29, 1.82) is 0 Å². The number of hydrogen-bond donors (Lipinski definition) is 0. The summed E-state index contributed by atoms with van der Waals surface area (Å²) in [6.45, 7) is 3.00. The summed E-state index contributed by atoms with van der Waals surface area (Å²) in [7, 11) is 0. The molecule has 0 aromatic heterocycles. The Morgan fingerprint density at radius 3 is 2.30 bits per heavy atom. The number of amides is 2. The number of rotatable bonds is 6. The van der Waals surface area contributed by atoms with Crippen molar-refractivity contribution in [3.63, 3.8) is 0 Å². The van der Waals surface area contributed by atoms with Crippen LogP contribution in [0.5, 0.6) is 0 Å². The summed E-state index contributed by atoms with van der Waals surface area (Å²) in [5, 5.41) is 0. The lowest BCUT2D eigenvalue weighted by molar-refractivity contribution is -0.140. The zero-order valence-corrected chi connectivity index (χ0v) is 13.5. The molecule has 3 rings (SSSR count). The summed E-state index contributed by atoms with van der Waals surface area (Å²) >= 11 is 0. The molecule has 3 atom stereocenters. The van der Waals surface area contributed by atoms with Crippen molar-refractivity contribution >= 4 is 11.8 Å². The van der Waals surface area contributed by atoms with Gasteiger partial charge in [0.25, 0.3) is 0 Å². The number of nitrogens with zero attached hydrogens (tertiary/aromatic N) is 1. The molecule has 1 fully saturated rings. The van der Waals surface area contributed by atoms with E-state index in [0.29, 0.717) is 32.4 Å². The Bertz CT molecular complexity index is 570. The molecule has 23 heavy (non-hydrogen) atoms. The fraction of sp³-hybridized carbons (Fsp3) is 0.474. The summed E-state index contributed by atoms with van der Waals surface area (Å²) in [6, 6.07) is 10.0. The number of allylic oxidation sites excluding steroid dienone is 2. The Morgan fingerprint density at radius 1 is 1.09 bits per heavy atom. The van der Waals surface area contributed by atoms with Gasteiger partial charge in [0.2, 0.25) is 11.8 Å². The maximum Gasteiger partial charge on any atom is 0.233 e. The predicted octanol–water partition coefficient (Wildman–Crippen LogP) is 2.93. The van der Waals surface area contributed by atoms with Crippen LogP contribution in [0.3, 0.4) is 0 Å². The standard InChI is InChI=1S/C19H23NO3/c1-14(23-13-15-7-3-2-4-8-15)11-12-20-18(21)16-9-5-6-10-17(16)19(20)22/h2-8,14,16-17H,9-13H2,1H3/t14-,16-,17+/m1/s1. The molecule has 4 heteroatoms. The average molecular weight is 313 g/mol. The van der Waals surface area contributed by atoms with Gasteiger partial charge in [0, 0.05) is 6.54 Å². The van der Waals surface area contributed by atoms with Gasteiger partial charge in [-0.3, -0.25) is 14.5 Å². The molecule has 0 saturated carbocycles. The first-order valence-electron chi connectivity index (χ1n) is 8.32. The molecule has 0 unspecified atom stereocenters. The van der Waals surface area contributed by atoms with Crippen molar-refractivity contribution in [1.82, 2.24) is 4.90 Å². The van der Waals surface area contributed by atoms with Crippen molar-refractivity contribution in [2.45, 2.75) is 38.9 Å². The Hall–Kier alpha value is -1.94. The van der Waals surface area contributed by atoms with Gasteiger partial charge in [-0.1, -0.05) is 42.5 Å². The number of ether oxygens (including phenoxy) is 1. The van der Waals surface area contributed by atoms with E-state index in [-0.39, 0.29) is 29.8 Å². The topological polar surface area (TPSA) is 46.6 Å². The first kappa shape index (κ1) is 15.9. The molecule has 1 aromatic rings. The zero-order chi connectivity index (χ0) is 16.2. The van der Waals surface area contributed by atoms with Crippen molar-refractivity contribution in [2.24, 2.45) is 11.8 Å². The fourth-order valence-corrected chi connectivity index (χ4v) is 3.30. The van der Waals surface area contributed by atoms with Crippen LogP contribution in [0.1, 0.15) is 31.7 Å². The fourth-order valence-electron chi connectivity index (χ4n) is 3.30. The van der Waals surface area contributed by atoms with Gasteiger partial charge in [-0.2, -0.15) is 0 Å². The van der Waals surface area contributed by atoms with Gasteiger partial charge in [0.1, 0.15) is 0 Å². The number of likely N-dealkylation sites (tertiary alicyclic amines) is 1. The molecular weight excluding hydrogens is 290 g/mol. The van der Waals surface area contributed by atoms with E-state index in [1.807, 2.05) is 49.4 Å². The third-order valence-electron chi connectivity index (χ3n) is 4.74. The lowest BCUT2D eigenvalue weighted by Gasteiger charge is -2.18. The van der Waals surface area contributed by atoms with E-state index in [9.17, 15) is 9.59 Å². The van der Waals surface area contributed by atoms with Crippen LogP contribution < -0.4 is 0 Å². The van der Waals surface area contributed by atoms with Crippen molar-refractivity contribution < 1.29 is 14.3 Å². The van der Waals surface area contributed by atoms with Gasteiger partial charge in [0.15, 0.2) is 0 Å². The summed E-state index contributed by atoms with van der Waals surface area (Å²) in [5.74, 6) is -0.264. The summed E-state index contributed by atoms with van der Waals surface area (Å²) in [6.07, 6.45) is 6.12. The molecule has 1 aliphatic heterocycles. The minimum Gasteiger partial charge on any atom is -0.374 e. The summed E-state index contributed by atoms with van der Waals surface area (Å²) < 4.78 is 5.82. The Labute approximate surface area is 137 Å². The first-order valence-corrected chi connectivity index (χ1v) is 8.32. The van der Waals surface area contributed by atoms with Gasteiger partial charge in [0.05, 0.1) is 24.5 Å². The molecule has 1 saturated heterocycles. The predicted molar refractivity (Wildman–Crippen MR) is 87.4 cm³/mol. The molecule has 0 N–H and O–H groups in total. The second-order valence-corrected chi connectivity index (χ2v) is 6.38. The van der Waals surface area contributed by atoms with Gasteiger partial charge in [-0.25, -0.2) is 0 Å². The molecule has 1 heterocycles. The minimum absolute atomic E-state index is 0.000362. The minimum atomic E-state index is -0.131. The molecule has 2 aliphatic rings. The molecule has 4 nitrogen and oxygen atoms in total. The van der Waals surface area contributed by atoms with Crippen LogP contribution in [-0.2, 0) is 20.9 Å². The van der Waals surface area contributed by atoms with Crippen molar-refractivity contribution in [2.75, 3.05) is 6.54 Å². The van der Waals surface area contributed by atoms with Crippen molar-refractivity contribution in [3.8, 4) is 0 Å². The van der Waals surface area contributed by atoms with Crippen LogP contribution in [0, 0.1) is 11.8 Å². The SMILES string of the molecule is C[C@H](CCN1C(=O)[C@H]2CC=CC[C@H]2C1=O)OCc1ccccc1. The van der Waals surface area contributed by atoms with Gasteiger partial charge < -0.3 is 4.74 Å². The number of hydrogen-bond acceptors (Lipinski definition) is 3. The van der Waals surface area contributed by atoms with Crippen LogP contribution >= 0.6 is 0 Å². The highest BCUT2D eigenvalue weighted by molar-refractivity contribution is 6.05. The maximum atomic E-state index is 12.4. The number of fused-ring (bicyclic) bond motifs is 1. The third-order valence-corrected chi connectivity index (χ3v) is 4.74. The van der Waals surface area contributed by atoms with Crippen LogP contribution in [0.25, 0.3) is 0 Å². The highest BCUT2D eigenvalue weighted by Crippen LogP contribution is 2.35. The molecular formula is C19H23NO3. The van der Waals surface area contributed by atoms with E-state index in [4.69, 9.17) is 4.74 Å². The smallest absolute Gasteiger partial charge is 0.233 e. The molecule has 1 aromatic carbocycles. The van der Waals surface area contributed by atoms with E-state index < -0.39 is 0 Å². The van der Waals surface area contributed by atoms with Crippen LogP contribution in [-0.4, -0.2) is 29.4 Å². The molecule has 0 spiro atoms. The summed E-state index contributed by atoms with van der Waals surface area (Å²) in [4.78, 5) is 26.2. The lowest BCUT2D eigenvalue weighted by Crippen LogP contribution is -2.33. The molecule has 0 bridgehead atoms. The van der Waals surface area contributed by atoms with Crippen molar-refractivity contribution in [3.05, 3.63) is 48.0 Å². The summed E-state index contributed by atoms with van der Waals surface area (Å²) in [5.41, 5.74) is 1.13. The zero-order valence-electron chi connectivity index (χ0n) is 13.5.